The van der Waals surface area contributed by atoms with Crippen molar-refractivity contribution in [1.29, 1.82) is 0 Å². The third-order valence-electron chi connectivity index (χ3n) is 3.98. The molecule has 0 bridgehead atoms. The Labute approximate surface area is 131 Å². The first kappa shape index (κ1) is 18.6. The average Bonchev–Trinajstić information content (AvgIpc) is 3.01. The summed E-state index contributed by atoms with van der Waals surface area (Å²) in [5.41, 5.74) is 0.134. The van der Waals surface area contributed by atoms with Gasteiger partial charge in [0.15, 0.2) is 0 Å². The van der Waals surface area contributed by atoms with Gasteiger partial charge in [0.25, 0.3) is 0 Å². The first-order valence-electron chi connectivity index (χ1n) is 8.35. The first-order chi connectivity index (χ1) is 9.97. The maximum atomic E-state index is 6.41. The fourth-order valence-electron chi connectivity index (χ4n) is 2.08. The molecule has 0 aromatic carbocycles. The fourth-order valence-corrected chi connectivity index (χ4v) is 5.59. The van der Waals surface area contributed by atoms with Gasteiger partial charge in [-0.25, -0.2) is 0 Å². The summed E-state index contributed by atoms with van der Waals surface area (Å²) in [5, 5.41) is 0. The Kier molecular flexibility index (Phi) is 7.88. The van der Waals surface area contributed by atoms with E-state index in [4.69, 9.17) is 13.3 Å². The summed E-state index contributed by atoms with van der Waals surface area (Å²) in [6.07, 6.45) is 11.7. The van der Waals surface area contributed by atoms with E-state index < -0.39 is 8.80 Å². The number of allylic oxidation sites excluding steroid dienone is 4. The van der Waals surface area contributed by atoms with Crippen molar-refractivity contribution in [3.05, 3.63) is 24.3 Å². The van der Waals surface area contributed by atoms with Crippen LogP contribution in [0.5, 0.6) is 0 Å². The molecule has 1 rings (SSSR count). The van der Waals surface area contributed by atoms with Crippen LogP contribution in [0.25, 0.3) is 0 Å². The van der Waals surface area contributed by atoms with E-state index in [0.717, 1.165) is 19.3 Å². The molecule has 0 aromatic rings. The van der Waals surface area contributed by atoms with Crippen molar-refractivity contribution in [2.45, 2.75) is 84.7 Å². The summed E-state index contributed by atoms with van der Waals surface area (Å²) in [6.45, 7) is 12.7. The van der Waals surface area contributed by atoms with Crippen LogP contribution in [0.4, 0.5) is 0 Å². The predicted molar refractivity (Wildman–Crippen MR) is 90.3 cm³/mol. The molecular formula is C17H32O3Si. The van der Waals surface area contributed by atoms with Gasteiger partial charge < -0.3 is 13.3 Å². The molecule has 4 heteroatoms. The van der Waals surface area contributed by atoms with Gasteiger partial charge in [-0.15, -0.1) is 0 Å². The maximum absolute atomic E-state index is 6.41. The molecule has 0 spiro atoms. The molecule has 1 aliphatic carbocycles. The van der Waals surface area contributed by atoms with Crippen LogP contribution in [0.3, 0.4) is 0 Å². The Balaban J connectivity index is 3.04. The van der Waals surface area contributed by atoms with Crippen molar-refractivity contribution in [3.63, 3.8) is 0 Å². The van der Waals surface area contributed by atoms with Gasteiger partial charge >= 0.3 is 8.80 Å². The zero-order chi connectivity index (χ0) is 15.9. The van der Waals surface area contributed by atoms with E-state index in [2.05, 4.69) is 65.8 Å². The molecule has 0 aromatic heterocycles. The van der Waals surface area contributed by atoms with E-state index in [1.807, 2.05) is 0 Å². The zero-order valence-corrected chi connectivity index (χ0v) is 15.5. The molecule has 1 aliphatic rings. The minimum atomic E-state index is -2.79. The minimum Gasteiger partial charge on any atom is -0.370 e. The molecule has 0 fully saturated rings. The van der Waals surface area contributed by atoms with Crippen LogP contribution in [0.15, 0.2) is 24.3 Å². The van der Waals surface area contributed by atoms with E-state index in [1.54, 1.807) is 0 Å². The Morgan fingerprint density at radius 1 is 0.762 bits per heavy atom. The molecule has 0 saturated heterocycles. The van der Waals surface area contributed by atoms with Crippen LogP contribution in [0, 0.1) is 0 Å². The fraction of sp³-hybridized carbons (Fsp3) is 0.765. The van der Waals surface area contributed by atoms with Crippen molar-refractivity contribution in [1.82, 2.24) is 0 Å². The minimum absolute atomic E-state index is 0.134. The second kappa shape index (κ2) is 8.88. The van der Waals surface area contributed by atoms with Crippen LogP contribution in [-0.4, -0.2) is 27.1 Å². The smallest absolute Gasteiger partial charge is 0.370 e. The van der Waals surface area contributed by atoms with Gasteiger partial charge in [-0.2, -0.15) is 0 Å². The molecule has 0 aliphatic heterocycles. The van der Waals surface area contributed by atoms with Crippen molar-refractivity contribution < 1.29 is 13.3 Å². The molecule has 122 valence electrons. The van der Waals surface area contributed by atoms with Crippen LogP contribution < -0.4 is 0 Å². The second-order valence-corrected chi connectivity index (χ2v) is 8.49. The van der Waals surface area contributed by atoms with Gasteiger partial charge in [-0.05, 0) is 40.0 Å². The second-order valence-electron chi connectivity index (χ2n) is 5.91. The Hall–Kier alpha value is -0.423. The summed E-state index contributed by atoms with van der Waals surface area (Å²) in [7, 11) is -2.79. The highest BCUT2D eigenvalue weighted by Gasteiger charge is 2.51. The monoisotopic (exact) mass is 312 g/mol. The summed E-state index contributed by atoms with van der Waals surface area (Å²) < 4.78 is 19.2. The standard InChI is InChI=1S/C17H32O3Si/c1-7-14(4)18-21(19-15(5)8-2,20-16(6)9-3)17-12-10-11-13-17/h10-17H,7-9H2,1-6H3. The number of rotatable bonds is 10. The Bertz CT molecular complexity index is 311. The lowest BCUT2D eigenvalue weighted by molar-refractivity contribution is -0.0125. The summed E-state index contributed by atoms with van der Waals surface area (Å²) in [4.78, 5) is 0. The number of hydrogen-bond donors (Lipinski definition) is 0. The zero-order valence-electron chi connectivity index (χ0n) is 14.5. The molecule has 0 N–H and O–H groups in total. The SMILES string of the molecule is CCC(C)O[Si](OC(C)CC)(OC(C)CC)C1C=CC=C1. The molecule has 21 heavy (non-hydrogen) atoms. The van der Waals surface area contributed by atoms with Crippen LogP contribution in [0.2, 0.25) is 5.54 Å². The highest BCUT2D eigenvalue weighted by Crippen LogP contribution is 2.35. The Morgan fingerprint density at radius 3 is 1.38 bits per heavy atom. The van der Waals surface area contributed by atoms with Gasteiger partial charge in [-0.1, -0.05) is 45.1 Å². The first-order valence-corrected chi connectivity index (χ1v) is 10.2. The summed E-state index contributed by atoms with van der Waals surface area (Å²) in [5.74, 6) is 0. The lowest BCUT2D eigenvalue weighted by atomic mass is 10.3. The highest BCUT2D eigenvalue weighted by molar-refractivity contribution is 6.64. The van der Waals surface area contributed by atoms with Crippen LogP contribution in [-0.2, 0) is 13.3 Å². The molecule has 3 unspecified atom stereocenters. The molecule has 3 atom stereocenters. The highest BCUT2D eigenvalue weighted by atomic mass is 28.4. The lowest BCUT2D eigenvalue weighted by Crippen LogP contribution is -2.54. The van der Waals surface area contributed by atoms with E-state index in [-0.39, 0.29) is 23.9 Å². The average molecular weight is 313 g/mol. The number of hydrogen-bond acceptors (Lipinski definition) is 3. The molecule has 0 saturated carbocycles. The van der Waals surface area contributed by atoms with Crippen LogP contribution in [0.1, 0.15) is 60.8 Å². The molecule has 0 radical (unpaired) electrons. The normalized spacial score (nSPS) is 22.2. The quantitative estimate of drug-likeness (QED) is 0.539. The van der Waals surface area contributed by atoms with Gasteiger partial charge in [0.1, 0.15) is 0 Å². The van der Waals surface area contributed by atoms with Gasteiger partial charge in [0.2, 0.25) is 0 Å². The van der Waals surface area contributed by atoms with Crippen molar-refractivity contribution in [2.75, 3.05) is 0 Å². The van der Waals surface area contributed by atoms with E-state index in [9.17, 15) is 0 Å². The van der Waals surface area contributed by atoms with Crippen molar-refractivity contribution in [3.8, 4) is 0 Å². The third-order valence-corrected chi connectivity index (χ3v) is 7.37. The van der Waals surface area contributed by atoms with Crippen molar-refractivity contribution in [2.24, 2.45) is 0 Å². The lowest BCUT2D eigenvalue weighted by Gasteiger charge is -2.38. The molecule has 0 heterocycles. The summed E-state index contributed by atoms with van der Waals surface area (Å²) in [6, 6.07) is 0. The van der Waals surface area contributed by atoms with E-state index >= 15 is 0 Å². The Morgan fingerprint density at radius 2 is 1.10 bits per heavy atom. The largest absolute Gasteiger partial charge is 0.512 e. The topological polar surface area (TPSA) is 27.7 Å². The predicted octanol–water partition coefficient (Wildman–Crippen LogP) is 4.87. The molecular weight excluding hydrogens is 280 g/mol. The third kappa shape index (κ3) is 5.36. The van der Waals surface area contributed by atoms with E-state index in [1.165, 1.54) is 0 Å². The molecule has 0 amide bonds. The van der Waals surface area contributed by atoms with Crippen molar-refractivity contribution >= 4 is 8.80 Å². The molecule has 3 nitrogen and oxygen atoms in total. The van der Waals surface area contributed by atoms with E-state index in [0.29, 0.717) is 0 Å². The van der Waals surface area contributed by atoms with Crippen LogP contribution >= 0.6 is 0 Å². The van der Waals surface area contributed by atoms with Gasteiger partial charge in [-0.3, -0.25) is 0 Å². The van der Waals surface area contributed by atoms with Gasteiger partial charge in [0.05, 0.1) is 5.54 Å². The summed E-state index contributed by atoms with van der Waals surface area (Å²) >= 11 is 0. The maximum Gasteiger partial charge on any atom is 0.512 e. The van der Waals surface area contributed by atoms with Gasteiger partial charge in [0, 0.05) is 18.3 Å².